The highest BCUT2D eigenvalue weighted by molar-refractivity contribution is 7.51. The average Bonchev–Trinajstić information content (AvgIpc) is 2.46. The van der Waals surface area contributed by atoms with Crippen molar-refractivity contribution in [3.63, 3.8) is 0 Å². The van der Waals surface area contributed by atoms with Crippen LogP contribution in [0.2, 0.25) is 0 Å². The molecule has 0 fully saturated rings. The van der Waals surface area contributed by atoms with Gasteiger partial charge in [-0.05, 0) is 36.6 Å². The molecule has 22 heavy (non-hydrogen) atoms. The molecule has 0 saturated carbocycles. The molecule has 3 N–H and O–H groups in total. The third-order valence-corrected chi connectivity index (χ3v) is 4.34. The van der Waals surface area contributed by atoms with Crippen molar-refractivity contribution in [2.45, 2.75) is 19.9 Å². The molecule has 0 radical (unpaired) electrons. The van der Waals surface area contributed by atoms with Crippen molar-refractivity contribution in [1.82, 2.24) is 5.32 Å². The van der Waals surface area contributed by atoms with Crippen LogP contribution in [0.3, 0.4) is 0 Å². The molecule has 4 nitrogen and oxygen atoms in total. The molecule has 0 aromatic heterocycles. The molecule has 0 aliphatic rings. The summed E-state index contributed by atoms with van der Waals surface area (Å²) in [6.07, 6.45) is 0.415. The maximum Gasteiger partial charge on any atom is 0.325 e. The second kappa shape index (κ2) is 7.70. The zero-order chi connectivity index (χ0) is 16.0. The van der Waals surface area contributed by atoms with Crippen LogP contribution in [0, 0.1) is 6.92 Å². The van der Waals surface area contributed by atoms with E-state index in [-0.39, 0.29) is 6.16 Å². The van der Waals surface area contributed by atoms with E-state index < -0.39 is 7.60 Å². The van der Waals surface area contributed by atoms with Gasteiger partial charge in [0.25, 0.3) is 0 Å². The fourth-order valence-corrected chi connectivity index (χ4v) is 2.85. The lowest BCUT2D eigenvalue weighted by Crippen LogP contribution is -2.15. The summed E-state index contributed by atoms with van der Waals surface area (Å²) in [7, 11) is -3.86. The molecule has 0 amide bonds. The quantitative estimate of drug-likeness (QED) is 0.541. The Bertz CT molecular complexity index is 649. The molecule has 0 bridgehead atoms. The van der Waals surface area contributed by atoms with E-state index in [1.54, 1.807) is 0 Å². The van der Waals surface area contributed by atoms with Crippen LogP contribution < -0.4 is 5.32 Å². The number of hydrogen-bond donors (Lipinski definition) is 3. The summed E-state index contributed by atoms with van der Waals surface area (Å²) in [5.74, 6) is 0. The third-order valence-electron chi connectivity index (χ3n) is 3.44. The van der Waals surface area contributed by atoms with E-state index in [0.29, 0.717) is 19.5 Å². The lowest BCUT2D eigenvalue weighted by molar-refractivity contribution is 0.371. The molecule has 2 aromatic rings. The Morgan fingerprint density at radius 3 is 2.41 bits per heavy atom. The van der Waals surface area contributed by atoms with Crippen molar-refractivity contribution < 1.29 is 14.4 Å². The summed E-state index contributed by atoms with van der Waals surface area (Å²) >= 11 is 0. The Morgan fingerprint density at radius 2 is 1.77 bits per heavy atom. The fraction of sp³-hybridized carbons (Fsp3) is 0.294. The first-order valence-corrected chi connectivity index (χ1v) is 9.15. The van der Waals surface area contributed by atoms with Crippen molar-refractivity contribution in [2.24, 2.45) is 0 Å². The number of hydrogen-bond acceptors (Lipinski definition) is 2. The Kier molecular flexibility index (Phi) is 5.92. The maximum atomic E-state index is 10.7. The topological polar surface area (TPSA) is 69.6 Å². The first kappa shape index (κ1) is 16.9. The minimum absolute atomic E-state index is 0.0632. The fourth-order valence-electron chi connectivity index (χ4n) is 2.28. The van der Waals surface area contributed by atoms with Gasteiger partial charge in [0.15, 0.2) is 0 Å². The van der Waals surface area contributed by atoms with Crippen LogP contribution in [0.15, 0.2) is 48.5 Å². The molecule has 0 heterocycles. The van der Waals surface area contributed by atoms with Gasteiger partial charge in [-0.2, -0.15) is 0 Å². The van der Waals surface area contributed by atoms with Gasteiger partial charge in [-0.3, -0.25) is 4.57 Å². The molecule has 0 saturated heterocycles. The van der Waals surface area contributed by atoms with Crippen molar-refractivity contribution in [3.05, 3.63) is 59.7 Å². The molecular formula is C17H22NO3P. The van der Waals surface area contributed by atoms with Gasteiger partial charge in [-0.1, -0.05) is 54.1 Å². The molecule has 2 rings (SSSR count). The maximum absolute atomic E-state index is 10.7. The van der Waals surface area contributed by atoms with Gasteiger partial charge in [0, 0.05) is 6.54 Å². The van der Waals surface area contributed by atoms with Crippen molar-refractivity contribution in [1.29, 1.82) is 0 Å². The van der Waals surface area contributed by atoms with Crippen molar-refractivity contribution >= 4 is 7.60 Å². The minimum atomic E-state index is -3.86. The third kappa shape index (κ3) is 5.74. The molecule has 118 valence electrons. The summed E-state index contributed by atoms with van der Waals surface area (Å²) in [5.41, 5.74) is 4.80. The van der Waals surface area contributed by atoms with Crippen LogP contribution in [-0.4, -0.2) is 22.5 Å². The van der Waals surface area contributed by atoms with Crippen LogP contribution in [0.4, 0.5) is 0 Å². The normalized spacial score (nSPS) is 11.6. The Balaban J connectivity index is 1.83. The van der Waals surface area contributed by atoms with Gasteiger partial charge in [0.1, 0.15) is 0 Å². The second-order valence-corrected chi connectivity index (χ2v) is 7.26. The van der Waals surface area contributed by atoms with Crippen molar-refractivity contribution in [2.75, 3.05) is 12.7 Å². The van der Waals surface area contributed by atoms with E-state index in [2.05, 4.69) is 60.8 Å². The smallest absolute Gasteiger partial charge is 0.324 e. The predicted molar refractivity (Wildman–Crippen MR) is 89.8 cm³/mol. The van der Waals surface area contributed by atoms with Crippen LogP contribution in [-0.2, 0) is 11.1 Å². The van der Waals surface area contributed by atoms with Crippen LogP contribution >= 0.6 is 7.60 Å². The Morgan fingerprint density at radius 1 is 1.05 bits per heavy atom. The minimum Gasteiger partial charge on any atom is -0.324 e. The van der Waals surface area contributed by atoms with Crippen LogP contribution in [0.25, 0.3) is 11.1 Å². The van der Waals surface area contributed by atoms with E-state index in [1.165, 1.54) is 16.7 Å². The molecule has 0 aliphatic carbocycles. The molecule has 5 heteroatoms. The molecule has 0 atom stereocenters. The van der Waals surface area contributed by atoms with Crippen molar-refractivity contribution in [3.8, 4) is 11.1 Å². The van der Waals surface area contributed by atoms with E-state index in [9.17, 15) is 4.57 Å². The number of rotatable bonds is 7. The van der Waals surface area contributed by atoms with Gasteiger partial charge in [0.05, 0.1) is 6.16 Å². The molecule has 2 aromatic carbocycles. The highest BCUT2D eigenvalue weighted by Gasteiger charge is 2.10. The summed E-state index contributed by atoms with van der Waals surface area (Å²) in [6.45, 7) is 3.39. The molecule has 0 unspecified atom stereocenters. The SMILES string of the molecule is Cc1cccc(-c2ccc(CNCCCP(=O)(O)O)cc2)c1. The van der Waals surface area contributed by atoms with Gasteiger partial charge in [-0.15, -0.1) is 0 Å². The van der Waals surface area contributed by atoms with Gasteiger partial charge in [-0.25, -0.2) is 0 Å². The standard InChI is InChI=1S/C17H22NO3P/c1-14-4-2-5-17(12-14)16-8-6-15(7-9-16)13-18-10-3-11-22(19,20)21/h2,4-9,12,18H,3,10-11,13H2,1H3,(H2,19,20,21). The zero-order valence-corrected chi connectivity index (χ0v) is 13.6. The number of benzene rings is 2. The predicted octanol–water partition coefficient (Wildman–Crippen LogP) is 3.32. The average molecular weight is 319 g/mol. The molecular weight excluding hydrogens is 297 g/mol. The first-order chi connectivity index (χ1) is 10.4. The van der Waals surface area contributed by atoms with E-state index in [0.717, 1.165) is 5.56 Å². The summed E-state index contributed by atoms with van der Waals surface area (Å²) in [6, 6.07) is 16.8. The van der Waals surface area contributed by atoms with E-state index >= 15 is 0 Å². The van der Waals surface area contributed by atoms with Gasteiger partial charge < -0.3 is 15.1 Å². The first-order valence-electron chi connectivity index (χ1n) is 7.35. The highest BCUT2D eigenvalue weighted by Crippen LogP contribution is 2.34. The van der Waals surface area contributed by atoms with Crippen LogP contribution in [0.1, 0.15) is 17.5 Å². The molecule has 0 spiro atoms. The summed E-state index contributed by atoms with van der Waals surface area (Å²) < 4.78 is 10.7. The van der Waals surface area contributed by atoms with Gasteiger partial charge >= 0.3 is 7.60 Å². The monoisotopic (exact) mass is 319 g/mol. The summed E-state index contributed by atoms with van der Waals surface area (Å²) in [4.78, 5) is 17.6. The Hall–Kier alpha value is -1.45. The molecule has 0 aliphatic heterocycles. The Labute approximate surface area is 131 Å². The largest absolute Gasteiger partial charge is 0.325 e. The van der Waals surface area contributed by atoms with E-state index in [1.807, 2.05) is 0 Å². The van der Waals surface area contributed by atoms with Crippen LogP contribution in [0.5, 0.6) is 0 Å². The van der Waals surface area contributed by atoms with Gasteiger partial charge in [0.2, 0.25) is 0 Å². The zero-order valence-electron chi connectivity index (χ0n) is 12.7. The highest BCUT2D eigenvalue weighted by atomic mass is 31.2. The lowest BCUT2D eigenvalue weighted by atomic mass is 10.0. The lowest BCUT2D eigenvalue weighted by Gasteiger charge is -2.08. The number of aryl methyl sites for hydroxylation is 1. The van der Waals surface area contributed by atoms with E-state index in [4.69, 9.17) is 9.79 Å². The second-order valence-electron chi connectivity index (χ2n) is 5.49. The number of nitrogens with one attached hydrogen (secondary N) is 1. The summed E-state index contributed by atoms with van der Waals surface area (Å²) in [5, 5.41) is 3.20.